The molecule has 0 N–H and O–H groups in total. The molecule has 0 unspecified atom stereocenters. The highest BCUT2D eigenvalue weighted by atomic mass is 32.1. The highest BCUT2D eigenvalue weighted by Gasteiger charge is 2.25. The van der Waals surface area contributed by atoms with Crippen LogP contribution in [0.15, 0.2) is 40.3 Å². The van der Waals surface area contributed by atoms with Gasteiger partial charge in [-0.3, -0.25) is 9.59 Å². The molecule has 0 atom stereocenters. The predicted molar refractivity (Wildman–Crippen MR) is 101 cm³/mol. The van der Waals surface area contributed by atoms with Crippen LogP contribution < -0.4 is 14.2 Å². The van der Waals surface area contributed by atoms with E-state index < -0.39 is 17.9 Å². The molecule has 2 heterocycles. The van der Waals surface area contributed by atoms with Gasteiger partial charge in [-0.2, -0.15) is 0 Å². The maximum Gasteiger partial charge on any atom is 0.363 e. The van der Waals surface area contributed by atoms with Crippen molar-refractivity contribution in [2.45, 2.75) is 13.8 Å². The van der Waals surface area contributed by atoms with Crippen LogP contribution in [0.5, 0.6) is 17.2 Å². The summed E-state index contributed by atoms with van der Waals surface area (Å²) in [6.07, 6.45) is 1.45. The van der Waals surface area contributed by atoms with Gasteiger partial charge in [-0.1, -0.05) is 6.07 Å². The number of carbonyl (C=O) groups excluding carboxylic acids is 3. The minimum absolute atomic E-state index is 0.0253. The van der Waals surface area contributed by atoms with Crippen molar-refractivity contribution in [2.24, 2.45) is 4.99 Å². The molecule has 8 nitrogen and oxygen atoms in total. The minimum atomic E-state index is -0.612. The summed E-state index contributed by atoms with van der Waals surface area (Å²) in [6.45, 7) is 2.42. The van der Waals surface area contributed by atoms with Crippen molar-refractivity contribution in [1.29, 1.82) is 0 Å². The summed E-state index contributed by atoms with van der Waals surface area (Å²) in [5.41, 5.74) is 0.506. The van der Waals surface area contributed by atoms with Crippen molar-refractivity contribution in [2.75, 3.05) is 7.11 Å². The van der Waals surface area contributed by atoms with Gasteiger partial charge in [0.1, 0.15) is 0 Å². The first kappa shape index (κ1) is 19.3. The number of benzene rings is 1. The zero-order valence-corrected chi connectivity index (χ0v) is 16.0. The number of hydrogen-bond donors (Lipinski definition) is 0. The predicted octanol–water partition coefficient (Wildman–Crippen LogP) is 2.95. The monoisotopic (exact) mass is 401 g/mol. The van der Waals surface area contributed by atoms with Gasteiger partial charge in [0.25, 0.3) is 0 Å². The Bertz CT molecular complexity index is 1010. The first-order chi connectivity index (χ1) is 13.4. The van der Waals surface area contributed by atoms with Crippen LogP contribution in [-0.4, -0.2) is 30.9 Å². The molecule has 9 heteroatoms. The van der Waals surface area contributed by atoms with Gasteiger partial charge < -0.3 is 18.9 Å². The third kappa shape index (κ3) is 4.26. The highest BCUT2D eigenvalue weighted by molar-refractivity contribution is 7.12. The lowest BCUT2D eigenvalue weighted by Crippen LogP contribution is -2.08. The van der Waals surface area contributed by atoms with Crippen LogP contribution in [0.1, 0.15) is 24.3 Å². The molecule has 2 aromatic rings. The molecular weight excluding hydrogens is 386 g/mol. The Hall–Kier alpha value is -3.46. The number of nitrogens with zero attached hydrogens (tertiary/aromatic N) is 1. The van der Waals surface area contributed by atoms with Crippen LogP contribution in [0.25, 0.3) is 6.08 Å². The molecule has 3 rings (SSSR count). The van der Waals surface area contributed by atoms with Crippen molar-refractivity contribution in [3.63, 3.8) is 0 Å². The molecule has 0 spiro atoms. The van der Waals surface area contributed by atoms with Crippen LogP contribution in [0, 0.1) is 0 Å². The van der Waals surface area contributed by atoms with Crippen molar-refractivity contribution in [3.05, 3.63) is 45.8 Å². The third-order valence-corrected chi connectivity index (χ3v) is 4.28. The van der Waals surface area contributed by atoms with Crippen LogP contribution in [0.3, 0.4) is 0 Å². The number of ether oxygens (including phenoxy) is 4. The van der Waals surface area contributed by atoms with E-state index >= 15 is 0 Å². The molecule has 0 bridgehead atoms. The van der Waals surface area contributed by atoms with Gasteiger partial charge in [-0.25, -0.2) is 9.79 Å². The Balaban J connectivity index is 2.04. The number of thiophene rings is 1. The lowest BCUT2D eigenvalue weighted by molar-refractivity contribution is -0.134. The lowest BCUT2D eigenvalue weighted by Gasteiger charge is -2.13. The summed E-state index contributed by atoms with van der Waals surface area (Å²) in [7, 11) is 1.37. The normalized spacial score (nSPS) is 14.5. The van der Waals surface area contributed by atoms with Crippen molar-refractivity contribution >= 4 is 41.2 Å². The fraction of sp³-hybridized carbons (Fsp3) is 0.158. The standard InChI is InChI=1S/C19H15NO7S/c1-10(21)25-15-9-12(8-14(24-3)17(15)26-11(2)22)7-13-19(23)27-18(20-13)16-5-4-6-28-16/h4-9H,1-3H3/b13-7-. The van der Waals surface area contributed by atoms with E-state index in [1.54, 1.807) is 6.07 Å². The molecule has 144 valence electrons. The van der Waals surface area contributed by atoms with Gasteiger partial charge in [0.2, 0.25) is 11.6 Å². The first-order valence-electron chi connectivity index (χ1n) is 8.02. The Kier molecular flexibility index (Phi) is 5.55. The number of rotatable bonds is 5. The zero-order chi connectivity index (χ0) is 20.3. The van der Waals surface area contributed by atoms with Gasteiger partial charge in [-0.05, 0) is 35.2 Å². The molecule has 1 aliphatic heterocycles. The maximum absolute atomic E-state index is 12.1. The molecule has 0 fully saturated rings. The number of esters is 3. The first-order valence-corrected chi connectivity index (χ1v) is 8.90. The van der Waals surface area contributed by atoms with Gasteiger partial charge >= 0.3 is 17.9 Å². The SMILES string of the molecule is COc1cc(/C=C2\N=C(c3cccs3)OC2=O)cc(OC(C)=O)c1OC(C)=O. The quantitative estimate of drug-likeness (QED) is 0.431. The van der Waals surface area contributed by atoms with Crippen LogP contribution in [0.4, 0.5) is 0 Å². The smallest absolute Gasteiger partial charge is 0.363 e. The van der Waals surface area contributed by atoms with E-state index in [9.17, 15) is 14.4 Å². The molecule has 0 saturated carbocycles. The van der Waals surface area contributed by atoms with Crippen molar-refractivity contribution in [3.8, 4) is 17.2 Å². The van der Waals surface area contributed by atoms with Crippen LogP contribution >= 0.6 is 11.3 Å². The Morgan fingerprint density at radius 1 is 1.14 bits per heavy atom. The molecule has 0 radical (unpaired) electrons. The fourth-order valence-corrected chi connectivity index (χ4v) is 3.03. The summed E-state index contributed by atoms with van der Waals surface area (Å²) in [5, 5.41) is 1.84. The van der Waals surface area contributed by atoms with E-state index in [-0.39, 0.29) is 28.8 Å². The third-order valence-electron chi connectivity index (χ3n) is 3.42. The summed E-state index contributed by atoms with van der Waals surface area (Å²) in [6, 6.07) is 6.56. The average molecular weight is 401 g/mol. The number of methoxy groups -OCH3 is 1. The maximum atomic E-state index is 12.1. The molecule has 1 aromatic heterocycles. The Labute approximate surface area is 164 Å². The van der Waals surface area contributed by atoms with E-state index in [0.717, 1.165) is 4.88 Å². The number of carbonyl (C=O) groups is 3. The molecule has 28 heavy (non-hydrogen) atoms. The summed E-state index contributed by atoms with van der Waals surface area (Å²) in [5.74, 6) is -1.53. The van der Waals surface area contributed by atoms with Gasteiger partial charge in [0, 0.05) is 13.8 Å². The number of aliphatic imine (C=N–C) groups is 1. The summed E-state index contributed by atoms with van der Waals surface area (Å²) in [4.78, 5) is 39.8. The fourth-order valence-electron chi connectivity index (χ4n) is 2.38. The van der Waals surface area contributed by atoms with E-state index in [4.69, 9.17) is 18.9 Å². The van der Waals surface area contributed by atoms with Crippen LogP contribution in [0.2, 0.25) is 0 Å². The van der Waals surface area contributed by atoms with Gasteiger partial charge in [0.15, 0.2) is 17.2 Å². The molecule has 1 aromatic carbocycles. The van der Waals surface area contributed by atoms with E-state index in [0.29, 0.717) is 5.56 Å². The molecule has 0 saturated heterocycles. The topological polar surface area (TPSA) is 100 Å². The molecule has 0 aliphatic carbocycles. The second-order valence-electron chi connectivity index (χ2n) is 5.55. The number of cyclic esters (lactones) is 1. The Morgan fingerprint density at radius 2 is 1.86 bits per heavy atom. The Morgan fingerprint density at radius 3 is 2.46 bits per heavy atom. The van der Waals surface area contributed by atoms with Gasteiger partial charge in [-0.15, -0.1) is 11.3 Å². The second-order valence-corrected chi connectivity index (χ2v) is 6.50. The van der Waals surface area contributed by atoms with E-state index in [2.05, 4.69) is 4.99 Å². The molecule has 1 aliphatic rings. The van der Waals surface area contributed by atoms with E-state index in [1.807, 2.05) is 11.4 Å². The largest absolute Gasteiger partial charge is 0.493 e. The minimum Gasteiger partial charge on any atom is -0.493 e. The summed E-state index contributed by atoms with van der Waals surface area (Å²) < 4.78 is 20.6. The van der Waals surface area contributed by atoms with Crippen LogP contribution in [-0.2, 0) is 19.1 Å². The number of hydrogen-bond acceptors (Lipinski definition) is 9. The lowest BCUT2D eigenvalue weighted by atomic mass is 10.1. The van der Waals surface area contributed by atoms with E-state index in [1.165, 1.54) is 50.5 Å². The van der Waals surface area contributed by atoms with Gasteiger partial charge in [0.05, 0.1) is 12.0 Å². The van der Waals surface area contributed by atoms with Crippen molar-refractivity contribution in [1.82, 2.24) is 0 Å². The average Bonchev–Trinajstić information content (AvgIpc) is 3.26. The molecular formula is C19H15NO7S. The highest BCUT2D eigenvalue weighted by Crippen LogP contribution is 2.40. The van der Waals surface area contributed by atoms with Crippen molar-refractivity contribution < 1.29 is 33.3 Å². The molecule has 0 amide bonds. The summed E-state index contributed by atoms with van der Waals surface area (Å²) >= 11 is 1.39. The second kappa shape index (κ2) is 8.05. The zero-order valence-electron chi connectivity index (χ0n) is 15.2.